The summed E-state index contributed by atoms with van der Waals surface area (Å²) in [4.78, 5) is 0. The Labute approximate surface area is 178 Å². The van der Waals surface area contributed by atoms with E-state index in [4.69, 9.17) is 4.74 Å². The summed E-state index contributed by atoms with van der Waals surface area (Å²) in [5, 5.41) is 12.4. The first-order valence-electron chi connectivity index (χ1n) is 11.1. The van der Waals surface area contributed by atoms with Gasteiger partial charge in [0.2, 0.25) is 0 Å². The monoisotopic (exact) mass is 396 g/mol. The van der Waals surface area contributed by atoms with Crippen LogP contribution in [-0.2, 0) is 15.8 Å². The van der Waals surface area contributed by atoms with Crippen LogP contribution in [0.5, 0.6) is 0 Å². The Morgan fingerprint density at radius 2 is 1.43 bits per heavy atom. The zero-order valence-electron chi connectivity index (χ0n) is 17.6. The number of benzene rings is 3. The topological polar surface area (TPSA) is 29.5 Å². The Kier molecular flexibility index (Phi) is 3.85. The Bertz CT molecular complexity index is 1060. The molecule has 2 bridgehead atoms. The van der Waals surface area contributed by atoms with Crippen LogP contribution >= 0.6 is 0 Å². The fourth-order valence-corrected chi connectivity index (χ4v) is 7.46. The number of ether oxygens (including phenoxy) is 1. The minimum atomic E-state index is -0.863. The first-order chi connectivity index (χ1) is 14.6. The van der Waals surface area contributed by atoms with E-state index in [1.165, 1.54) is 22.3 Å². The summed E-state index contributed by atoms with van der Waals surface area (Å²) in [6.07, 6.45) is 1.77. The van der Waals surface area contributed by atoms with Crippen molar-refractivity contribution in [1.82, 2.24) is 0 Å². The molecule has 4 aliphatic rings. The van der Waals surface area contributed by atoms with Gasteiger partial charge in [-0.25, -0.2) is 0 Å². The Balaban J connectivity index is 1.72. The van der Waals surface area contributed by atoms with E-state index in [-0.39, 0.29) is 17.4 Å². The van der Waals surface area contributed by atoms with Gasteiger partial charge in [0, 0.05) is 18.9 Å². The van der Waals surface area contributed by atoms with Crippen molar-refractivity contribution in [1.29, 1.82) is 0 Å². The zero-order valence-corrected chi connectivity index (χ0v) is 17.6. The van der Waals surface area contributed by atoms with Gasteiger partial charge in [-0.2, -0.15) is 0 Å². The van der Waals surface area contributed by atoms with Gasteiger partial charge >= 0.3 is 0 Å². The third kappa shape index (κ3) is 2.01. The maximum atomic E-state index is 12.4. The Morgan fingerprint density at radius 1 is 0.867 bits per heavy atom. The first-order valence-corrected chi connectivity index (χ1v) is 11.1. The normalized spacial score (nSPS) is 34.2. The molecule has 0 radical (unpaired) electrons. The second-order valence-electron chi connectivity index (χ2n) is 9.37. The smallest absolute Gasteiger partial charge is 0.0940 e. The van der Waals surface area contributed by atoms with Crippen molar-refractivity contribution in [2.24, 2.45) is 11.8 Å². The molecule has 2 heteroatoms. The van der Waals surface area contributed by atoms with E-state index in [1.807, 2.05) is 13.2 Å². The molecule has 3 aromatic rings. The van der Waals surface area contributed by atoms with E-state index in [9.17, 15) is 5.11 Å². The van der Waals surface area contributed by atoms with E-state index in [0.29, 0.717) is 11.8 Å². The highest BCUT2D eigenvalue weighted by Gasteiger charge is 2.69. The molecule has 0 spiro atoms. The van der Waals surface area contributed by atoms with Crippen LogP contribution in [0.3, 0.4) is 0 Å². The van der Waals surface area contributed by atoms with Crippen molar-refractivity contribution in [2.75, 3.05) is 7.11 Å². The van der Waals surface area contributed by atoms with E-state index in [0.717, 1.165) is 18.4 Å². The average molecular weight is 397 g/mol. The van der Waals surface area contributed by atoms with Crippen LogP contribution in [0.4, 0.5) is 0 Å². The van der Waals surface area contributed by atoms with Crippen molar-refractivity contribution in [3.05, 3.63) is 107 Å². The summed E-state index contributed by atoms with van der Waals surface area (Å²) >= 11 is 0. The van der Waals surface area contributed by atoms with Gasteiger partial charge < -0.3 is 9.84 Å². The molecule has 7 rings (SSSR count). The minimum Gasteiger partial charge on any atom is -0.385 e. The summed E-state index contributed by atoms with van der Waals surface area (Å²) in [6, 6.07) is 28.2. The molecule has 0 aliphatic heterocycles. The van der Waals surface area contributed by atoms with Crippen LogP contribution < -0.4 is 0 Å². The first kappa shape index (κ1) is 18.4. The maximum Gasteiger partial charge on any atom is 0.0940 e. The lowest BCUT2D eigenvalue weighted by atomic mass is 9.44. The molecule has 1 N–H and O–H groups in total. The maximum absolute atomic E-state index is 12.4. The summed E-state index contributed by atoms with van der Waals surface area (Å²) in [5.41, 5.74) is 5.36. The SMILES string of the molecule is CO[C@@H](C)C12c3ccccc3C(c3ccccc31)[C@@H]1CC[C@@](O)(c3ccccc3)[C@@H]12. The molecule has 0 amide bonds. The number of aliphatic hydroxyl groups is 1. The van der Waals surface area contributed by atoms with Crippen molar-refractivity contribution < 1.29 is 9.84 Å². The van der Waals surface area contributed by atoms with Crippen LogP contribution in [0.15, 0.2) is 78.9 Å². The molecule has 2 nitrogen and oxygen atoms in total. The van der Waals surface area contributed by atoms with Gasteiger partial charge in [0.15, 0.2) is 0 Å². The number of hydrogen-bond donors (Lipinski definition) is 1. The highest BCUT2D eigenvalue weighted by Crippen LogP contribution is 2.71. The van der Waals surface area contributed by atoms with Crippen LogP contribution in [0.25, 0.3) is 0 Å². The van der Waals surface area contributed by atoms with E-state index in [2.05, 4.69) is 79.7 Å². The fraction of sp³-hybridized carbons (Fsp3) is 0.357. The Hall–Kier alpha value is -2.42. The standard InChI is InChI=1S/C28H28O2/c1-18(30-2)28-23-14-8-6-12-20(23)25(21-13-7-9-15-24(21)28)22-16-17-27(29,26(22)28)19-10-4-3-5-11-19/h3-15,18,22,25-26,29H,16-17H2,1-2H3/t18-,22-,25?,26+,27+,28?/m0/s1. The average Bonchev–Trinajstić information content (AvgIpc) is 3.18. The molecular weight excluding hydrogens is 368 g/mol. The van der Waals surface area contributed by atoms with Gasteiger partial charge in [-0.3, -0.25) is 0 Å². The molecular formula is C28H28O2. The molecule has 1 fully saturated rings. The van der Waals surface area contributed by atoms with Crippen LogP contribution in [-0.4, -0.2) is 18.3 Å². The highest BCUT2D eigenvalue weighted by atomic mass is 16.5. The quantitative estimate of drug-likeness (QED) is 0.644. The summed E-state index contributed by atoms with van der Waals surface area (Å²) in [7, 11) is 1.82. The predicted molar refractivity (Wildman–Crippen MR) is 119 cm³/mol. The lowest BCUT2D eigenvalue weighted by Crippen LogP contribution is -2.61. The van der Waals surface area contributed by atoms with Gasteiger partial charge in [0.05, 0.1) is 17.1 Å². The molecule has 0 saturated heterocycles. The second kappa shape index (κ2) is 6.29. The van der Waals surface area contributed by atoms with Gasteiger partial charge in [-0.15, -0.1) is 0 Å². The van der Waals surface area contributed by atoms with Gasteiger partial charge in [0.1, 0.15) is 0 Å². The molecule has 4 aliphatic carbocycles. The fourth-order valence-electron chi connectivity index (χ4n) is 7.46. The third-order valence-corrected chi connectivity index (χ3v) is 8.47. The van der Waals surface area contributed by atoms with Crippen LogP contribution in [0.2, 0.25) is 0 Å². The largest absolute Gasteiger partial charge is 0.385 e. The zero-order chi connectivity index (χ0) is 20.5. The van der Waals surface area contributed by atoms with Gasteiger partial charge in [-0.05, 0) is 53.5 Å². The summed E-state index contributed by atoms with van der Waals surface area (Å²) in [5.74, 6) is 0.820. The third-order valence-electron chi connectivity index (χ3n) is 8.47. The van der Waals surface area contributed by atoms with E-state index < -0.39 is 5.60 Å². The summed E-state index contributed by atoms with van der Waals surface area (Å²) < 4.78 is 6.15. The van der Waals surface area contributed by atoms with Crippen molar-refractivity contribution in [3.8, 4) is 0 Å². The molecule has 0 unspecified atom stereocenters. The lowest BCUT2D eigenvalue weighted by molar-refractivity contribution is -0.0901. The van der Waals surface area contributed by atoms with E-state index in [1.54, 1.807) is 0 Å². The molecule has 0 heterocycles. The van der Waals surface area contributed by atoms with E-state index >= 15 is 0 Å². The molecule has 152 valence electrons. The Morgan fingerprint density at radius 3 is 2.03 bits per heavy atom. The molecule has 3 aromatic carbocycles. The van der Waals surface area contributed by atoms with Crippen LogP contribution in [0.1, 0.15) is 53.5 Å². The highest BCUT2D eigenvalue weighted by molar-refractivity contribution is 5.63. The van der Waals surface area contributed by atoms with Crippen molar-refractivity contribution in [3.63, 3.8) is 0 Å². The minimum absolute atomic E-state index is 0.0538. The summed E-state index contributed by atoms with van der Waals surface area (Å²) in [6.45, 7) is 2.19. The molecule has 4 atom stereocenters. The van der Waals surface area contributed by atoms with Crippen molar-refractivity contribution >= 4 is 0 Å². The van der Waals surface area contributed by atoms with Crippen molar-refractivity contribution in [2.45, 2.75) is 42.8 Å². The molecule has 1 saturated carbocycles. The number of hydrogen-bond acceptors (Lipinski definition) is 2. The molecule has 0 aromatic heterocycles. The van der Waals surface area contributed by atoms with Gasteiger partial charge in [0.25, 0.3) is 0 Å². The van der Waals surface area contributed by atoms with Crippen LogP contribution in [0, 0.1) is 11.8 Å². The predicted octanol–water partition coefficient (Wildman–Crippen LogP) is 5.38. The number of rotatable bonds is 3. The molecule has 30 heavy (non-hydrogen) atoms. The second-order valence-corrected chi connectivity index (χ2v) is 9.37. The van der Waals surface area contributed by atoms with Gasteiger partial charge in [-0.1, -0.05) is 78.9 Å². The number of methoxy groups -OCH3 is 1. The lowest BCUT2D eigenvalue weighted by Gasteiger charge is -2.61.